The first kappa shape index (κ1) is 19.9. The minimum absolute atomic E-state index is 0. The molecule has 1 atom stereocenters. The molecule has 4 nitrogen and oxygen atoms in total. The monoisotopic (exact) mass is 384 g/mol. The zero-order chi connectivity index (χ0) is 14.6. The maximum absolute atomic E-state index is 12.3. The van der Waals surface area contributed by atoms with Crippen molar-refractivity contribution in [3.05, 3.63) is 28.2 Å². The van der Waals surface area contributed by atoms with Gasteiger partial charge in [-0.15, -0.1) is 12.4 Å². The third-order valence-electron chi connectivity index (χ3n) is 2.79. The van der Waals surface area contributed by atoms with Crippen molar-refractivity contribution in [2.45, 2.75) is 38.1 Å². The Labute approximate surface area is 136 Å². The lowest BCUT2D eigenvalue weighted by Gasteiger charge is -2.19. The van der Waals surface area contributed by atoms with Crippen LogP contribution in [0.4, 0.5) is 0 Å². The summed E-state index contributed by atoms with van der Waals surface area (Å²) in [6, 6.07) is 4.88. The highest BCUT2D eigenvalue weighted by Gasteiger charge is 2.21. The van der Waals surface area contributed by atoms with Gasteiger partial charge in [0.1, 0.15) is 0 Å². The number of halogens is 2. The van der Waals surface area contributed by atoms with E-state index >= 15 is 0 Å². The van der Waals surface area contributed by atoms with Crippen molar-refractivity contribution in [3.63, 3.8) is 0 Å². The topological polar surface area (TPSA) is 72.2 Å². The molecule has 0 fully saturated rings. The van der Waals surface area contributed by atoms with Crippen LogP contribution in [0, 0.1) is 12.8 Å². The number of nitrogens with one attached hydrogen (secondary N) is 1. The number of sulfonamides is 1. The molecular formula is C13H22BrClN2O2S. The first-order valence-corrected chi connectivity index (χ1v) is 8.52. The van der Waals surface area contributed by atoms with Crippen molar-refractivity contribution < 1.29 is 8.42 Å². The third kappa shape index (κ3) is 5.69. The Kier molecular flexibility index (Phi) is 8.28. The zero-order valence-corrected chi connectivity index (χ0v) is 15.1. The molecule has 0 saturated carbocycles. The van der Waals surface area contributed by atoms with Crippen molar-refractivity contribution in [3.8, 4) is 0 Å². The molecule has 1 aromatic carbocycles. The van der Waals surface area contributed by atoms with Gasteiger partial charge in [0.2, 0.25) is 10.0 Å². The molecule has 1 rings (SSSR count). The predicted molar refractivity (Wildman–Crippen MR) is 88.7 cm³/mol. The van der Waals surface area contributed by atoms with Crippen LogP contribution < -0.4 is 10.5 Å². The van der Waals surface area contributed by atoms with Gasteiger partial charge in [-0.3, -0.25) is 0 Å². The number of benzene rings is 1. The van der Waals surface area contributed by atoms with E-state index in [-0.39, 0.29) is 18.4 Å². The minimum Gasteiger partial charge on any atom is -0.329 e. The van der Waals surface area contributed by atoms with Crippen LogP contribution in [-0.4, -0.2) is 21.0 Å². The highest BCUT2D eigenvalue weighted by molar-refractivity contribution is 9.10. The third-order valence-corrected chi connectivity index (χ3v) is 4.96. The van der Waals surface area contributed by atoms with Crippen molar-refractivity contribution >= 4 is 38.4 Å². The molecule has 0 heterocycles. The Balaban J connectivity index is 0.00000361. The van der Waals surface area contributed by atoms with Gasteiger partial charge in [-0.25, -0.2) is 13.1 Å². The molecule has 20 heavy (non-hydrogen) atoms. The number of rotatable bonds is 6. The summed E-state index contributed by atoms with van der Waals surface area (Å²) in [6.45, 7) is 6.16. The summed E-state index contributed by atoms with van der Waals surface area (Å²) in [6.07, 6.45) is 0.727. The number of nitrogens with two attached hydrogens (primary N) is 1. The Bertz CT molecular complexity index is 535. The van der Waals surface area contributed by atoms with Gasteiger partial charge in [-0.1, -0.05) is 29.8 Å². The molecule has 0 aliphatic rings. The summed E-state index contributed by atoms with van der Waals surface area (Å²) in [5.41, 5.74) is 6.34. The lowest BCUT2D eigenvalue weighted by molar-refractivity contribution is 0.465. The lowest BCUT2D eigenvalue weighted by Crippen LogP contribution is -2.41. The molecule has 0 amide bonds. The van der Waals surface area contributed by atoms with E-state index in [9.17, 15) is 8.42 Å². The van der Waals surface area contributed by atoms with E-state index in [4.69, 9.17) is 5.73 Å². The fraction of sp³-hybridized carbons (Fsp3) is 0.538. The zero-order valence-electron chi connectivity index (χ0n) is 11.9. The van der Waals surface area contributed by atoms with E-state index in [1.807, 2.05) is 13.8 Å². The largest absolute Gasteiger partial charge is 0.329 e. The van der Waals surface area contributed by atoms with Crippen LogP contribution in [0.5, 0.6) is 0 Å². The smallest absolute Gasteiger partial charge is 0.241 e. The first-order valence-electron chi connectivity index (χ1n) is 6.24. The van der Waals surface area contributed by atoms with Crippen molar-refractivity contribution in [2.24, 2.45) is 11.7 Å². The molecule has 0 bridgehead atoms. The number of hydrogen-bond donors (Lipinski definition) is 2. The van der Waals surface area contributed by atoms with Gasteiger partial charge in [0.05, 0.1) is 4.90 Å². The molecule has 0 aromatic heterocycles. The Morgan fingerprint density at radius 3 is 2.40 bits per heavy atom. The van der Waals surface area contributed by atoms with E-state index in [2.05, 4.69) is 20.7 Å². The molecule has 7 heteroatoms. The van der Waals surface area contributed by atoms with Crippen molar-refractivity contribution in [1.29, 1.82) is 0 Å². The van der Waals surface area contributed by atoms with Crippen LogP contribution in [0.1, 0.15) is 25.8 Å². The summed E-state index contributed by atoms with van der Waals surface area (Å²) in [5, 5.41) is 0. The molecule has 1 unspecified atom stereocenters. The van der Waals surface area contributed by atoms with Gasteiger partial charge < -0.3 is 5.73 Å². The average molecular weight is 386 g/mol. The van der Waals surface area contributed by atoms with Crippen LogP contribution in [0.3, 0.4) is 0 Å². The van der Waals surface area contributed by atoms with Gasteiger partial charge >= 0.3 is 0 Å². The van der Waals surface area contributed by atoms with Crippen LogP contribution in [0.25, 0.3) is 0 Å². The highest BCUT2D eigenvalue weighted by atomic mass is 79.9. The Morgan fingerprint density at radius 2 is 1.95 bits per heavy atom. The summed E-state index contributed by atoms with van der Waals surface area (Å²) >= 11 is 3.33. The maximum Gasteiger partial charge on any atom is 0.241 e. The summed E-state index contributed by atoms with van der Waals surface area (Å²) < 4.78 is 28.2. The second-order valence-electron chi connectivity index (χ2n) is 5.09. The Morgan fingerprint density at radius 1 is 1.35 bits per heavy atom. The molecule has 116 valence electrons. The van der Waals surface area contributed by atoms with Crippen LogP contribution in [-0.2, 0) is 10.0 Å². The molecular weight excluding hydrogens is 364 g/mol. The van der Waals surface area contributed by atoms with Gasteiger partial charge in [-0.05, 0) is 43.0 Å². The Hall–Kier alpha value is -0.140. The summed E-state index contributed by atoms with van der Waals surface area (Å²) in [7, 11) is -3.52. The SMILES string of the molecule is Cc1cc(Br)ccc1S(=O)(=O)NC(CN)CC(C)C.Cl. The van der Waals surface area contributed by atoms with Gasteiger partial charge in [-0.2, -0.15) is 0 Å². The van der Waals surface area contributed by atoms with Crippen LogP contribution in [0.15, 0.2) is 27.6 Å². The summed E-state index contributed by atoms with van der Waals surface area (Å²) in [5.74, 6) is 0.391. The van der Waals surface area contributed by atoms with Crippen molar-refractivity contribution in [1.82, 2.24) is 4.72 Å². The molecule has 0 aliphatic heterocycles. The van der Waals surface area contributed by atoms with Crippen molar-refractivity contribution in [2.75, 3.05) is 6.54 Å². The maximum atomic E-state index is 12.3. The summed E-state index contributed by atoms with van der Waals surface area (Å²) in [4.78, 5) is 0.304. The quantitative estimate of drug-likeness (QED) is 0.791. The standard InChI is InChI=1S/C13H21BrN2O2S.ClH/c1-9(2)6-12(8-15)16-19(17,18)13-5-4-11(14)7-10(13)3;/h4-5,7,9,12,16H,6,8,15H2,1-3H3;1H. The lowest BCUT2D eigenvalue weighted by atomic mass is 10.1. The highest BCUT2D eigenvalue weighted by Crippen LogP contribution is 2.20. The fourth-order valence-corrected chi connectivity index (χ4v) is 3.92. The van der Waals surface area contributed by atoms with E-state index in [1.165, 1.54) is 0 Å². The van der Waals surface area contributed by atoms with E-state index < -0.39 is 10.0 Å². The number of aryl methyl sites for hydroxylation is 1. The minimum atomic E-state index is -3.52. The molecule has 1 aromatic rings. The molecule has 0 spiro atoms. The van der Waals surface area contributed by atoms with E-state index in [0.717, 1.165) is 10.9 Å². The second kappa shape index (κ2) is 8.34. The molecule has 0 saturated heterocycles. The van der Waals surface area contributed by atoms with E-state index in [1.54, 1.807) is 25.1 Å². The fourth-order valence-electron chi connectivity index (χ4n) is 1.96. The first-order chi connectivity index (χ1) is 8.76. The normalized spacial score (nSPS) is 13.1. The second-order valence-corrected chi connectivity index (χ2v) is 7.69. The average Bonchev–Trinajstić information content (AvgIpc) is 2.26. The van der Waals surface area contributed by atoms with Crippen LogP contribution in [0.2, 0.25) is 0 Å². The molecule has 3 N–H and O–H groups in total. The van der Waals surface area contributed by atoms with Gasteiger partial charge in [0, 0.05) is 17.1 Å². The van der Waals surface area contributed by atoms with Gasteiger partial charge in [0.25, 0.3) is 0 Å². The van der Waals surface area contributed by atoms with E-state index in [0.29, 0.717) is 22.9 Å². The predicted octanol–water partition coefficient (Wildman–Crippen LogP) is 2.83. The molecule has 0 radical (unpaired) electrons. The molecule has 0 aliphatic carbocycles. The van der Waals surface area contributed by atoms with Gasteiger partial charge in [0.15, 0.2) is 0 Å². The number of hydrogen-bond acceptors (Lipinski definition) is 3. The van der Waals surface area contributed by atoms with Crippen LogP contribution >= 0.6 is 28.3 Å².